The molecule has 0 bridgehead atoms. The number of fused-ring (bicyclic) bond motifs is 1. The van der Waals surface area contributed by atoms with Gasteiger partial charge in [-0.3, -0.25) is 4.79 Å². The van der Waals surface area contributed by atoms with E-state index in [1.165, 1.54) is 7.11 Å². The molecule has 0 saturated carbocycles. The molecule has 1 aliphatic heterocycles. The van der Waals surface area contributed by atoms with Gasteiger partial charge in [0, 0.05) is 4.90 Å². The molecule has 0 aromatic heterocycles. The molecule has 5 nitrogen and oxygen atoms in total. The molecule has 1 amide bonds. The van der Waals surface area contributed by atoms with Crippen LogP contribution in [0, 0.1) is 0 Å². The second kappa shape index (κ2) is 5.30. The first kappa shape index (κ1) is 14.0. The highest BCUT2D eigenvalue weighted by atomic mass is 35.5. The number of hydrogen-bond acceptors (Lipinski definition) is 5. The molecule has 2 rings (SSSR count). The fourth-order valence-corrected chi connectivity index (χ4v) is 2.92. The second-order valence-electron chi connectivity index (χ2n) is 3.73. The van der Waals surface area contributed by atoms with Crippen molar-refractivity contribution < 1.29 is 19.1 Å². The highest BCUT2D eigenvalue weighted by Crippen LogP contribution is 2.46. The van der Waals surface area contributed by atoms with E-state index in [9.17, 15) is 9.59 Å². The predicted molar refractivity (Wildman–Crippen MR) is 72.7 cm³/mol. The smallest absolute Gasteiger partial charge is 0.347 e. The Morgan fingerprint density at radius 2 is 2.26 bits per heavy atom. The van der Waals surface area contributed by atoms with Gasteiger partial charge in [0.2, 0.25) is 0 Å². The Bertz CT molecular complexity index is 536. The number of esters is 1. The van der Waals surface area contributed by atoms with Crippen LogP contribution in [0.4, 0.5) is 5.69 Å². The summed E-state index contributed by atoms with van der Waals surface area (Å²) in [5.74, 6) is -0.756. The van der Waals surface area contributed by atoms with E-state index in [0.717, 1.165) is 11.8 Å². The number of carbonyl (C=O) groups is 2. The van der Waals surface area contributed by atoms with Crippen molar-refractivity contribution in [3.05, 3.63) is 18.2 Å². The van der Waals surface area contributed by atoms with Crippen LogP contribution in [0.15, 0.2) is 23.1 Å². The molecule has 7 heteroatoms. The zero-order chi connectivity index (χ0) is 14.0. The Morgan fingerprint density at radius 1 is 1.53 bits per heavy atom. The van der Waals surface area contributed by atoms with E-state index in [1.54, 1.807) is 25.1 Å². The third kappa shape index (κ3) is 2.50. The van der Waals surface area contributed by atoms with Crippen molar-refractivity contribution in [2.45, 2.75) is 16.0 Å². The number of anilines is 1. The van der Waals surface area contributed by atoms with Gasteiger partial charge in [0.25, 0.3) is 10.1 Å². The van der Waals surface area contributed by atoms with Gasteiger partial charge in [-0.25, -0.2) is 4.79 Å². The SMILES string of the molecule is CCOC(=O)C1(Cl)Sc2cc(OC)ccc2NC1=O. The van der Waals surface area contributed by atoms with E-state index in [4.69, 9.17) is 21.1 Å². The molecule has 1 aromatic carbocycles. The third-order valence-corrected chi connectivity index (χ3v) is 4.27. The molecule has 0 saturated heterocycles. The van der Waals surface area contributed by atoms with Crippen molar-refractivity contribution in [3.8, 4) is 5.75 Å². The molecular formula is C12H12ClNO4S. The van der Waals surface area contributed by atoms with Gasteiger partial charge in [-0.1, -0.05) is 23.4 Å². The number of hydrogen-bond donors (Lipinski definition) is 1. The Hall–Kier alpha value is -1.40. The molecular weight excluding hydrogens is 290 g/mol. The van der Waals surface area contributed by atoms with Crippen molar-refractivity contribution in [2.75, 3.05) is 19.0 Å². The average molecular weight is 302 g/mol. The predicted octanol–water partition coefficient (Wildman–Crippen LogP) is 2.24. The zero-order valence-electron chi connectivity index (χ0n) is 10.4. The number of methoxy groups -OCH3 is 1. The fourth-order valence-electron chi connectivity index (χ4n) is 1.58. The summed E-state index contributed by atoms with van der Waals surface area (Å²) in [7, 11) is 1.53. The molecule has 102 valence electrons. The Morgan fingerprint density at radius 3 is 2.89 bits per heavy atom. The van der Waals surface area contributed by atoms with Crippen LogP contribution in [-0.2, 0) is 14.3 Å². The van der Waals surface area contributed by atoms with E-state index in [1.807, 2.05) is 0 Å². The quantitative estimate of drug-likeness (QED) is 0.527. The minimum absolute atomic E-state index is 0.159. The standard InChI is InChI=1S/C12H12ClNO4S/c1-3-18-11(16)12(13)10(15)14-8-5-4-7(17-2)6-9(8)19-12/h4-6H,3H2,1-2H3,(H,14,15). The van der Waals surface area contributed by atoms with Crippen molar-refractivity contribution in [2.24, 2.45) is 0 Å². The number of carbonyl (C=O) groups excluding carboxylic acids is 2. The third-order valence-electron chi connectivity index (χ3n) is 2.52. The normalized spacial score (nSPS) is 21.3. The Kier molecular flexibility index (Phi) is 3.91. The number of alkyl halides is 1. The lowest BCUT2D eigenvalue weighted by Gasteiger charge is -2.29. The number of nitrogens with one attached hydrogen (secondary N) is 1. The van der Waals surface area contributed by atoms with Crippen LogP contribution in [0.25, 0.3) is 0 Å². The molecule has 1 heterocycles. The van der Waals surface area contributed by atoms with Crippen LogP contribution in [0.2, 0.25) is 0 Å². The van der Waals surface area contributed by atoms with Crippen molar-refractivity contribution in [1.29, 1.82) is 0 Å². The van der Waals surface area contributed by atoms with Gasteiger partial charge in [0.05, 0.1) is 19.4 Å². The van der Waals surface area contributed by atoms with Crippen LogP contribution in [0.5, 0.6) is 5.75 Å². The molecule has 1 atom stereocenters. The first-order valence-corrected chi connectivity index (χ1v) is 6.75. The number of rotatable bonds is 3. The number of benzene rings is 1. The van der Waals surface area contributed by atoms with Gasteiger partial charge in [0.15, 0.2) is 0 Å². The Labute approximate surface area is 119 Å². The van der Waals surface area contributed by atoms with E-state index in [-0.39, 0.29) is 6.61 Å². The van der Waals surface area contributed by atoms with Gasteiger partial charge >= 0.3 is 5.97 Å². The van der Waals surface area contributed by atoms with E-state index in [2.05, 4.69) is 5.32 Å². The molecule has 0 spiro atoms. The lowest BCUT2D eigenvalue weighted by Crippen LogP contribution is -2.45. The molecule has 0 fully saturated rings. The average Bonchev–Trinajstić information content (AvgIpc) is 2.40. The first-order chi connectivity index (χ1) is 9.01. The van der Waals surface area contributed by atoms with Crippen molar-refractivity contribution in [3.63, 3.8) is 0 Å². The summed E-state index contributed by atoms with van der Waals surface area (Å²) in [5, 5.41) is 2.59. The monoisotopic (exact) mass is 301 g/mol. The van der Waals surface area contributed by atoms with Crippen molar-refractivity contribution in [1.82, 2.24) is 0 Å². The van der Waals surface area contributed by atoms with Gasteiger partial charge in [-0.05, 0) is 25.1 Å². The van der Waals surface area contributed by atoms with Crippen LogP contribution in [0.1, 0.15) is 6.92 Å². The summed E-state index contributed by atoms with van der Waals surface area (Å²) in [4.78, 5) is 24.4. The zero-order valence-corrected chi connectivity index (χ0v) is 11.9. The van der Waals surface area contributed by atoms with Crippen molar-refractivity contribution >= 4 is 40.9 Å². The van der Waals surface area contributed by atoms with Crippen LogP contribution in [0.3, 0.4) is 0 Å². The fraction of sp³-hybridized carbons (Fsp3) is 0.333. The maximum Gasteiger partial charge on any atom is 0.347 e. The largest absolute Gasteiger partial charge is 0.497 e. The van der Waals surface area contributed by atoms with Crippen LogP contribution >= 0.6 is 23.4 Å². The van der Waals surface area contributed by atoms with E-state index < -0.39 is 16.1 Å². The number of ether oxygens (including phenoxy) is 2. The van der Waals surface area contributed by atoms with E-state index in [0.29, 0.717) is 16.3 Å². The molecule has 1 aromatic rings. The van der Waals surface area contributed by atoms with Gasteiger partial charge < -0.3 is 14.8 Å². The first-order valence-electron chi connectivity index (χ1n) is 5.56. The lowest BCUT2D eigenvalue weighted by atomic mass is 10.2. The summed E-state index contributed by atoms with van der Waals surface area (Å²) >= 11 is 7.06. The number of thioether (sulfide) groups is 1. The highest BCUT2D eigenvalue weighted by molar-refractivity contribution is 8.04. The maximum absolute atomic E-state index is 12.0. The number of halogens is 1. The van der Waals surface area contributed by atoms with Gasteiger partial charge in [0.1, 0.15) is 5.75 Å². The molecule has 0 radical (unpaired) electrons. The topological polar surface area (TPSA) is 64.6 Å². The van der Waals surface area contributed by atoms with Gasteiger partial charge in [-0.2, -0.15) is 0 Å². The molecule has 19 heavy (non-hydrogen) atoms. The summed E-state index contributed by atoms with van der Waals surface area (Å²) in [6, 6.07) is 5.11. The summed E-state index contributed by atoms with van der Waals surface area (Å²) in [6.45, 7) is 1.81. The minimum Gasteiger partial charge on any atom is -0.497 e. The lowest BCUT2D eigenvalue weighted by molar-refractivity contribution is -0.145. The molecule has 1 aliphatic rings. The summed E-state index contributed by atoms with van der Waals surface area (Å²) < 4.78 is 8.14. The summed E-state index contributed by atoms with van der Waals surface area (Å²) in [6.07, 6.45) is 0. The number of amides is 1. The molecule has 1 unspecified atom stereocenters. The maximum atomic E-state index is 12.0. The second-order valence-corrected chi connectivity index (χ2v) is 5.78. The highest BCUT2D eigenvalue weighted by Gasteiger charge is 2.50. The molecule has 1 N–H and O–H groups in total. The van der Waals surface area contributed by atoms with Crippen LogP contribution in [-0.4, -0.2) is 29.8 Å². The minimum atomic E-state index is -1.80. The Balaban J connectivity index is 2.36. The molecule has 0 aliphatic carbocycles. The summed E-state index contributed by atoms with van der Waals surface area (Å²) in [5.41, 5.74) is 0.594. The van der Waals surface area contributed by atoms with Gasteiger partial charge in [-0.15, -0.1) is 0 Å². The van der Waals surface area contributed by atoms with E-state index >= 15 is 0 Å². The van der Waals surface area contributed by atoms with Crippen LogP contribution < -0.4 is 10.1 Å².